The molecule has 0 aliphatic heterocycles. The van der Waals surface area contributed by atoms with E-state index in [4.69, 9.17) is 4.74 Å². The summed E-state index contributed by atoms with van der Waals surface area (Å²) in [5, 5.41) is 11.1. The third-order valence-corrected chi connectivity index (χ3v) is 3.26. The van der Waals surface area contributed by atoms with E-state index in [1.165, 1.54) is 18.4 Å². The Balaban J connectivity index is 1.62. The molecule has 0 saturated carbocycles. The molecular formula is C16H24N4O. The maximum atomic E-state index is 5.70. The molecule has 0 unspecified atom stereocenters. The van der Waals surface area contributed by atoms with E-state index in [-0.39, 0.29) is 0 Å². The van der Waals surface area contributed by atoms with Crippen molar-refractivity contribution in [3.05, 3.63) is 42.2 Å². The Morgan fingerprint density at radius 1 is 1.19 bits per heavy atom. The summed E-state index contributed by atoms with van der Waals surface area (Å²) in [4.78, 5) is 0. The fourth-order valence-electron chi connectivity index (χ4n) is 2.02. The standard InChI is InChI=1S/C16H24N4O/c1-2-3-4-13-21-16-7-5-15(6-8-16)14-17-9-11-20-12-10-18-19-20/h5-8,10,12,17H,2-4,9,11,13-14H2,1H3. The Morgan fingerprint density at radius 2 is 2.05 bits per heavy atom. The molecule has 0 spiro atoms. The van der Waals surface area contributed by atoms with E-state index >= 15 is 0 Å². The van der Waals surface area contributed by atoms with E-state index in [2.05, 4.69) is 34.7 Å². The van der Waals surface area contributed by atoms with Crippen molar-refractivity contribution in [1.82, 2.24) is 20.3 Å². The van der Waals surface area contributed by atoms with Gasteiger partial charge in [-0.3, -0.25) is 4.68 Å². The van der Waals surface area contributed by atoms with Crippen molar-refractivity contribution < 1.29 is 4.74 Å². The lowest BCUT2D eigenvalue weighted by molar-refractivity contribution is 0.306. The molecule has 0 fully saturated rings. The number of hydrogen-bond acceptors (Lipinski definition) is 4. The summed E-state index contributed by atoms with van der Waals surface area (Å²) < 4.78 is 7.52. The van der Waals surface area contributed by atoms with Crippen LogP contribution < -0.4 is 10.1 Å². The molecule has 0 aliphatic carbocycles. The van der Waals surface area contributed by atoms with Crippen LogP contribution in [0, 0.1) is 0 Å². The maximum Gasteiger partial charge on any atom is 0.119 e. The Kier molecular flexibility index (Phi) is 6.74. The highest BCUT2D eigenvalue weighted by molar-refractivity contribution is 5.27. The molecule has 0 radical (unpaired) electrons. The number of ether oxygens (including phenoxy) is 1. The predicted octanol–water partition coefficient (Wildman–Crippen LogP) is 2.64. The number of hydrogen-bond donors (Lipinski definition) is 1. The minimum Gasteiger partial charge on any atom is -0.494 e. The molecule has 1 aromatic carbocycles. The molecule has 0 amide bonds. The lowest BCUT2D eigenvalue weighted by atomic mass is 10.2. The van der Waals surface area contributed by atoms with Gasteiger partial charge in [-0.1, -0.05) is 37.1 Å². The summed E-state index contributed by atoms with van der Waals surface area (Å²) in [5.41, 5.74) is 1.26. The van der Waals surface area contributed by atoms with E-state index in [0.29, 0.717) is 0 Å². The Morgan fingerprint density at radius 3 is 2.76 bits per heavy atom. The maximum absolute atomic E-state index is 5.70. The first kappa shape index (κ1) is 15.5. The second-order valence-electron chi connectivity index (χ2n) is 5.04. The van der Waals surface area contributed by atoms with Crippen LogP contribution in [0.2, 0.25) is 0 Å². The van der Waals surface area contributed by atoms with Gasteiger partial charge < -0.3 is 10.1 Å². The molecule has 0 bridgehead atoms. The van der Waals surface area contributed by atoms with Gasteiger partial charge in [-0.2, -0.15) is 0 Å². The Hall–Kier alpha value is -1.88. The van der Waals surface area contributed by atoms with Gasteiger partial charge in [-0.05, 0) is 24.1 Å². The van der Waals surface area contributed by atoms with Crippen LogP contribution in [0.5, 0.6) is 5.75 Å². The molecule has 1 N–H and O–H groups in total. The molecule has 5 nitrogen and oxygen atoms in total. The number of aromatic nitrogens is 3. The van der Waals surface area contributed by atoms with Crippen LogP contribution >= 0.6 is 0 Å². The van der Waals surface area contributed by atoms with Gasteiger partial charge in [-0.15, -0.1) is 5.10 Å². The molecule has 114 valence electrons. The number of nitrogens with zero attached hydrogens (tertiary/aromatic N) is 3. The summed E-state index contributed by atoms with van der Waals surface area (Å²) in [6.07, 6.45) is 7.14. The normalized spacial score (nSPS) is 10.7. The summed E-state index contributed by atoms with van der Waals surface area (Å²) in [5.74, 6) is 0.956. The fraction of sp³-hybridized carbons (Fsp3) is 0.500. The quantitative estimate of drug-likeness (QED) is 0.683. The molecular weight excluding hydrogens is 264 g/mol. The van der Waals surface area contributed by atoms with Crippen LogP contribution in [-0.2, 0) is 13.1 Å². The first-order valence-electron chi connectivity index (χ1n) is 7.65. The number of benzene rings is 1. The lowest BCUT2D eigenvalue weighted by Crippen LogP contribution is -2.19. The van der Waals surface area contributed by atoms with Crippen LogP contribution in [0.25, 0.3) is 0 Å². The average molecular weight is 288 g/mol. The first-order chi connectivity index (χ1) is 10.4. The average Bonchev–Trinajstić information content (AvgIpc) is 3.03. The molecule has 0 saturated heterocycles. The highest BCUT2D eigenvalue weighted by Crippen LogP contribution is 2.12. The van der Waals surface area contributed by atoms with E-state index in [9.17, 15) is 0 Å². The fourth-order valence-corrected chi connectivity index (χ4v) is 2.02. The summed E-state index contributed by atoms with van der Waals surface area (Å²) >= 11 is 0. The van der Waals surface area contributed by atoms with Crippen molar-refractivity contribution in [3.63, 3.8) is 0 Å². The zero-order valence-electron chi connectivity index (χ0n) is 12.7. The Labute approximate surface area is 126 Å². The van der Waals surface area contributed by atoms with E-state index in [0.717, 1.165) is 38.4 Å². The minimum atomic E-state index is 0.809. The van der Waals surface area contributed by atoms with Crippen LogP contribution in [-0.4, -0.2) is 28.1 Å². The van der Waals surface area contributed by atoms with Crippen LogP contribution in [0.1, 0.15) is 31.7 Å². The van der Waals surface area contributed by atoms with Gasteiger partial charge in [0.1, 0.15) is 5.75 Å². The second-order valence-corrected chi connectivity index (χ2v) is 5.04. The third-order valence-electron chi connectivity index (χ3n) is 3.26. The summed E-state index contributed by atoms with van der Waals surface area (Å²) in [7, 11) is 0. The molecule has 21 heavy (non-hydrogen) atoms. The second kappa shape index (κ2) is 9.13. The Bertz CT molecular complexity index is 481. The zero-order chi connectivity index (χ0) is 14.8. The smallest absolute Gasteiger partial charge is 0.119 e. The summed E-state index contributed by atoms with van der Waals surface area (Å²) in [6.45, 7) is 5.57. The van der Waals surface area contributed by atoms with Crippen LogP contribution in [0.3, 0.4) is 0 Å². The van der Waals surface area contributed by atoms with Gasteiger partial charge in [0.05, 0.1) is 19.3 Å². The summed E-state index contributed by atoms with van der Waals surface area (Å²) in [6, 6.07) is 8.30. The molecule has 0 atom stereocenters. The van der Waals surface area contributed by atoms with Gasteiger partial charge >= 0.3 is 0 Å². The number of rotatable bonds is 10. The van der Waals surface area contributed by atoms with Gasteiger partial charge in [0.25, 0.3) is 0 Å². The molecule has 0 aliphatic rings. The molecule has 2 rings (SSSR count). The van der Waals surface area contributed by atoms with Gasteiger partial charge in [0.2, 0.25) is 0 Å². The largest absolute Gasteiger partial charge is 0.494 e. The topological polar surface area (TPSA) is 52.0 Å². The van der Waals surface area contributed by atoms with Crippen molar-refractivity contribution in [2.45, 2.75) is 39.3 Å². The highest BCUT2D eigenvalue weighted by Gasteiger charge is 1.97. The van der Waals surface area contributed by atoms with Crippen molar-refractivity contribution in [2.75, 3.05) is 13.2 Å². The van der Waals surface area contributed by atoms with Gasteiger partial charge in [-0.25, -0.2) is 0 Å². The molecule has 1 heterocycles. The van der Waals surface area contributed by atoms with Crippen molar-refractivity contribution in [3.8, 4) is 5.75 Å². The van der Waals surface area contributed by atoms with Crippen molar-refractivity contribution in [2.24, 2.45) is 0 Å². The van der Waals surface area contributed by atoms with Crippen LogP contribution in [0.15, 0.2) is 36.7 Å². The van der Waals surface area contributed by atoms with Crippen molar-refractivity contribution in [1.29, 1.82) is 0 Å². The molecule has 2 aromatic rings. The minimum absolute atomic E-state index is 0.809. The highest BCUT2D eigenvalue weighted by atomic mass is 16.5. The van der Waals surface area contributed by atoms with Crippen molar-refractivity contribution >= 4 is 0 Å². The monoisotopic (exact) mass is 288 g/mol. The number of unbranched alkanes of at least 4 members (excludes halogenated alkanes) is 2. The molecule has 5 heteroatoms. The van der Waals surface area contributed by atoms with Crippen LogP contribution in [0.4, 0.5) is 0 Å². The predicted molar refractivity (Wildman–Crippen MR) is 83.2 cm³/mol. The number of nitrogens with one attached hydrogen (secondary N) is 1. The van der Waals surface area contributed by atoms with Gasteiger partial charge in [0.15, 0.2) is 0 Å². The van der Waals surface area contributed by atoms with E-state index in [1.54, 1.807) is 6.20 Å². The van der Waals surface area contributed by atoms with E-state index < -0.39 is 0 Å². The SMILES string of the molecule is CCCCCOc1ccc(CNCCn2ccnn2)cc1. The molecule has 1 aromatic heterocycles. The lowest BCUT2D eigenvalue weighted by Gasteiger charge is -2.08. The first-order valence-corrected chi connectivity index (χ1v) is 7.65. The third kappa shape index (κ3) is 5.95. The van der Waals surface area contributed by atoms with Gasteiger partial charge in [0, 0.05) is 19.3 Å². The van der Waals surface area contributed by atoms with E-state index in [1.807, 2.05) is 23.0 Å². The zero-order valence-corrected chi connectivity index (χ0v) is 12.7.